The van der Waals surface area contributed by atoms with Gasteiger partial charge in [0.15, 0.2) is 0 Å². The van der Waals surface area contributed by atoms with Crippen molar-refractivity contribution < 1.29 is 81.0 Å². The van der Waals surface area contributed by atoms with Crippen LogP contribution in [-0.4, -0.2) is 202 Å². The highest BCUT2D eigenvalue weighted by atomic mass is 16.6. The summed E-state index contributed by atoms with van der Waals surface area (Å²) in [6, 6.07) is 30.9. The molecule has 0 saturated carbocycles. The number of carboxylic acids is 1. The van der Waals surface area contributed by atoms with Crippen LogP contribution in [0.4, 0.5) is 0 Å². The van der Waals surface area contributed by atoms with E-state index in [4.69, 9.17) is 66.7 Å². The number of rotatable bonds is 47. The first kappa shape index (κ1) is 57.4. The van der Waals surface area contributed by atoms with Gasteiger partial charge in [0.05, 0.1) is 165 Å². The third-order valence-corrected chi connectivity index (χ3v) is 9.21. The molecule has 3 rings (SSSR count). The molecule has 1 amide bonds. The summed E-state index contributed by atoms with van der Waals surface area (Å²) in [4.78, 5) is 21.7. The summed E-state index contributed by atoms with van der Waals surface area (Å²) < 4.78 is 77.8. The van der Waals surface area contributed by atoms with E-state index >= 15 is 0 Å². The molecule has 18 heteroatoms. The molecular weight excluding hydrogens is 875 g/mol. The number of nitrogens with one attached hydrogen (secondary N) is 1. The second-order valence-electron chi connectivity index (χ2n) is 14.2. The highest BCUT2D eigenvalue weighted by molar-refractivity contribution is 5.77. The molecule has 0 aliphatic carbocycles. The van der Waals surface area contributed by atoms with E-state index in [0.29, 0.717) is 172 Å². The van der Waals surface area contributed by atoms with Gasteiger partial charge in [-0.3, -0.25) is 4.79 Å². The van der Waals surface area contributed by atoms with Crippen LogP contribution in [0, 0.1) is 0 Å². The number of hydrogen-bond acceptors (Lipinski definition) is 16. The second-order valence-corrected chi connectivity index (χ2v) is 14.2. The number of ether oxygens (including phenoxy) is 14. The van der Waals surface area contributed by atoms with E-state index in [2.05, 4.69) is 46.5 Å². The van der Waals surface area contributed by atoms with Crippen molar-refractivity contribution in [1.29, 1.82) is 0 Å². The minimum absolute atomic E-state index is 0.295. The monoisotopic (exact) mass is 947 g/mol. The van der Waals surface area contributed by atoms with Crippen LogP contribution < -0.4 is 5.32 Å². The van der Waals surface area contributed by atoms with Crippen LogP contribution >= 0.6 is 0 Å². The van der Waals surface area contributed by atoms with Crippen molar-refractivity contribution in [2.24, 2.45) is 0 Å². The maximum Gasteiger partial charge on any atom is 0.329 e. The fourth-order valence-electron chi connectivity index (χ4n) is 6.09. The van der Waals surface area contributed by atoms with Gasteiger partial charge in [0, 0.05) is 6.54 Å². The zero-order valence-corrected chi connectivity index (χ0v) is 38.9. The first-order valence-electron chi connectivity index (χ1n) is 22.9. The summed E-state index contributed by atoms with van der Waals surface area (Å²) >= 11 is 0. The van der Waals surface area contributed by atoms with Gasteiger partial charge in [-0.15, -0.1) is 0 Å². The maximum atomic E-state index is 11.4. The largest absolute Gasteiger partial charge is 0.480 e. The molecule has 0 unspecified atom stereocenters. The van der Waals surface area contributed by atoms with Crippen LogP contribution in [0.5, 0.6) is 0 Å². The van der Waals surface area contributed by atoms with E-state index in [9.17, 15) is 9.59 Å². The van der Waals surface area contributed by atoms with Crippen molar-refractivity contribution in [2.75, 3.05) is 185 Å². The fraction of sp³-hybridized carbons (Fsp3) is 0.592. The Balaban J connectivity index is 0.974. The van der Waals surface area contributed by atoms with E-state index in [1.54, 1.807) is 0 Å². The van der Waals surface area contributed by atoms with Crippen molar-refractivity contribution >= 4 is 11.9 Å². The predicted octanol–water partition coefficient (Wildman–Crippen LogP) is 3.41. The van der Waals surface area contributed by atoms with E-state index in [1.165, 1.54) is 0 Å². The molecule has 376 valence electrons. The van der Waals surface area contributed by atoms with Crippen molar-refractivity contribution in [3.8, 4) is 0 Å². The fourth-order valence-corrected chi connectivity index (χ4v) is 6.09. The summed E-state index contributed by atoms with van der Waals surface area (Å²) in [5.74, 6) is -1.53. The van der Waals surface area contributed by atoms with Crippen LogP contribution in [0.25, 0.3) is 0 Å². The lowest BCUT2D eigenvalue weighted by atomic mass is 9.80. The Hall–Kier alpha value is -3.96. The van der Waals surface area contributed by atoms with Crippen molar-refractivity contribution in [2.45, 2.75) is 5.60 Å². The highest BCUT2D eigenvalue weighted by Crippen LogP contribution is 2.40. The molecule has 0 aliphatic rings. The quantitative estimate of drug-likeness (QED) is 0.0617. The lowest BCUT2D eigenvalue weighted by Gasteiger charge is -2.36. The van der Waals surface area contributed by atoms with Crippen molar-refractivity contribution in [3.63, 3.8) is 0 Å². The van der Waals surface area contributed by atoms with E-state index in [0.717, 1.165) is 16.7 Å². The van der Waals surface area contributed by atoms with Gasteiger partial charge in [-0.1, -0.05) is 91.0 Å². The van der Waals surface area contributed by atoms with Gasteiger partial charge in [0.2, 0.25) is 5.91 Å². The summed E-state index contributed by atoms with van der Waals surface area (Å²) in [6.07, 6.45) is 0. The molecule has 0 aromatic heterocycles. The summed E-state index contributed by atoms with van der Waals surface area (Å²) in [6.45, 7) is 10.7. The molecule has 0 atom stereocenters. The molecule has 0 heterocycles. The van der Waals surface area contributed by atoms with Gasteiger partial charge in [-0.2, -0.15) is 0 Å². The van der Waals surface area contributed by atoms with E-state index in [-0.39, 0.29) is 6.61 Å². The van der Waals surface area contributed by atoms with Crippen molar-refractivity contribution in [1.82, 2.24) is 5.32 Å². The molecular formula is C49H73NO17. The van der Waals surface area contributed by atoms with Gasteiger partial charge in [-0.05, 0) is 16.7 Å². The molecule has 0 saturated heterocycles. The summed E-state index contributed by atoms with van der Waals surface area (Å²) in [5, 5.41) is 11.0. The van der Waals surface area contributed by atoms with Gasteiger partial charge in [-0.25, -0.2) is 4.79 Å². The lowest BCUT2D eigenvalue weighted by Crippen LogP contribution is -2.34. The number of hydrogen-bond donors (Lipinski definition) is 2. The number of benzene rings is 3. The minimum Gasteiger partial charge on any atom is -0.480 e. The second kappa shape index (κ2) is 41.1. The van der Waals surface area contributed by atoms with Crippen LogP contribution in [0.1, 0.15) is 16.7 Å². The average Bonchev–Trinajstić information content (AvgIpc) is 3.35. The standard InChI is InChI=1S/C49H73NO17/c51-47(42-66-43-48(52)53)50-16-17-54-18-19-55-20-21-56-22-23-57-24-25-58-26-27-59-28-29-60-30-31-61-32-33-62-34-35-63-36-37-64-38-39-65-40-41-67-49(44-10-4-1-5-11-44,45-12-6-2-7-13-45)46-14-8-3-9-15-46/h1-15H,16-43H2,(H,50,51)(H,52,53). The molecule has 3 aromatic rings. The Bertz CT molecular complexity index is 1480. The number of carbonyl (C=O) groups is 2. The first-order valence-corrected chi connectivity index (χ1v) is 22.9. The Morgan fingerprint density at radius 1 is 0.343 bits per heavy atom. The third-order valence-electron chi connectivity index (χ3n) is 9.21. The number of carbonyl (C=O) groups excluding carboxylic acids is 1. The normalized spacial score (nSPS) is 11.6. The maximum absolute atomic E-state index is 11.4. The van der Waals surface area contributed by atoms with Crippen LogP contribution in [0.3, 0.4) is 0 Å². The molecule has 0 radical (unpaired) electrons. The Morgan fingerprint density at radius 2 is 0.597 bits per heavy atom. The zero-order valence-electron chi connectivity index (χ0n) is 38.9. The van der Waals surface area contributed by atoms with Gasteiger partial charge in [0.1, 0.15) is 18.8 Å². The third kappa shape index (κ3) is 28.9. The highest BCUT2D eigenvalue weighted by Gasteiger charge is 2.37. The van der Waals surface area contributed by atoms with Crippen LogP contribution in [0.2, 0.25) is 0 Å². The van der Waals surface area contributed by atoms with Gasteiger partial charge >= 0.3 is 5.97 Å². The zero-order chi connectivity index (χ0) is 47.4. The predicted molar refractivity (Wildman–Crippen MR) is 246 cm³/mol. The smallest absolute Gasteiger partial charge is 0.329 e. The van der Waals surface area contributed by atoms with Crippen LogP contribution in [0.15, 0.2) is 91.0 Å². The van der Waals surface area contributed by atoms with Gasteiger partial charge < -0.3 is 76.7 Å². The Morgan fingerprint density at radius 3 is 0.866 bits per heavy atom. The Labute approximate surface area is 395 Å². The minimum atomic E-state index is -1.13. The first-order chi connectivity index (χ1) is 33.1. The number of aliphatic carboxylic acids is 1. The molecule has 0 bridgehead atoms. The number of amides is 1. The molecule has 3 aromatic carbocycles. The summed E-state index contributed by atoms with van der Waals surface area (Å²) in [7, 11) is 0. The molecule has 0 aliphatic heterocycles. The van der Waals surface area contributed by atoms with Gasteiger partial charge in [0.25, 0.3) is 0 Å². The summed E-state index contributed by atoms with van der Waals surface area (Å²) in [5.41, 5.74) is 2.41. The molecule has 0 fully saturated rings. The molecule has 67 heavy (non-hydrogen) atoms. The van der Waals surface area contributed by atoms with E-state index < -0.39 is 24.1 Å². The Kier molecular flexibility index (Phi) is 35.1. The van der Waals surface area contributed by atoms with Crippen LogP contribution in [-0.2, 0) is 81.5 Å². The van der Waals surface area contributed by atoms with Crippen molar-refractivity contribution in [3.05, 3.63) is 108 Å². The van der Waals surface area contributed by atoms with E-state index in [1.807, 2.05) is 54.6 Å². The average molecular weight is 948 g/mol. The molecule has 0 spiro atoms. The molecule has 2 N–H and O–H groups in total. The topological polar surface area (TPSA) is 196 Å². The SMILES string of the molecule is O=C(O)COCC(=O)NCCOCCOCCOCCOCCOCCOCCOCCOCCOCCOCCOCCOCCOC(c1ccccc1)(c1ccccc1)c1ccccc1. The molecule has 18 nitrogen and oxygen atoms in total. The lowest BCUT2D eigenvalue weighted by molar-refractivity contribution is -0.143. The number of carboxylic acid groups (broad SMARTS) is 1.